The molecule has 0 spiro atoms. The van der Waals surface area contributed by atoms with Crippen LogP contribution in [0.5, 0.6) is 0 Å². The molecule has 0 N–H and O–H groups in total. The number of hydrogen-bond acceptors (Lipinski definition) is 4. The van der Waals surface area contributed by atoms with Gasteiger partial charge in [-0.1, -0.05) is 152 Å². The molecule has 0 saturated carbocycles. The summed E-state index contributed by atoms with van der Waals surface area (Å²) in [6, 6.07) is 60.9. The lowest BCUT2D eigenvalue weighted by molar-refractivity contribution is 1.07. The van der Waals surface area contributed by atoms with Gasteiger partial charge in [-0.25, -0.2) is 19.9 Å². The zero-order valence-electron chi connectivity index (χ0n) is 27.5. The molecule has 5 heteroatoms. The van der Waals surface area contributed by atoms with E-state index in [1.807, 2.05) is 42.5 Å². The molecule has 0 amide bonds. The lowest BCUT2D eigenvalue weighted by atomic mass is 9.91. The molecule has 238 valence electrons. The van der Waals surface area contributed by atoms with Gasteiger partial charge in [0.15, 0.2) is 17.5 Å². The maximum Gasteiger partial charge on any atom is 0.164 e. The Labute approximate surface area is 294 Å². The van der Waals surface area contributed by atoms with Crippen molar-refractivity contribution in [3.8, 4) is 51.2 Å². The topological polar surface area (TPSA) is 56.5 Å². The first kappa shape index (κ1) is 29.0. The highest BCUT2D eigenvalue weighted by Gasteiger charge is 2.19. The van der Waals surface area contributed by atoms with Crippen LogP contribution < -0.4 is 0 Å². The van der Waals surface area contributed by atoms with Gasteiger partial charge in [0.05, 0.1) is 11.0 Å². The summed E-state index contributed by atoms with van der Waals surface area (Å²) >= 11 is 0. The van der Waals surface area contributed by atoms with Gasteiger partial charge in [0.1, 0.15) is 5.82 Å². The number of fused-ring (bicyclic) bond motifs is 7. The minimum atomic E-state index is 0.605. The molecule has 51 heavy (non-hydrogen) atoms. The normalized spacial score (nSPS) is 11.5. The van der Waals surface area contributed by atoms with Gasteiger partial charge < -0.3 is 0 Å². The molecule has 10 rings (SSSR count). The average molecular weight is 652 g/mol. The van der Waals surface area contributed by atoms with Crippen LogP contribution in [-0.4, -0.2) is 24.5 Å². The van der Waals surface area contributed by atoms with E-state index in [2.05, 4.69) is 138 Å². The van der Waals surface area contributed by atoms with Gasteiger partial charge in [0.2, 0.25) is 0 Å². The predicted molar refractivity (Wildman–Crippen MR) is 209 cm³/mol. The number of imidazole rings is 1. The van der Waals surface area contributed by atoms with Crippen molar-refractivity contribution in [1.82, 2.24) is 24.5 Å². The molecular weight excluding hydrogens is 623 g/mol. The smallest absolute Gasteiger partial charge is 0.164 e. The monoisotopic (exact) mass is 651 g/mol. The van der Waals surface area contributed by atoms with Crippen LogP contribution in [0.15, 0.2) is 176 Å². The molecule has 0 aliphatic heterocycles. The molecule has 0 saturated heterocycles. The zero-order valence-corrected chi connectivity index (χ0v) is 27.5. The van der Waals surface area contributed by atoms with Crippen LogP contribution in [0.4, 0.5) is 0 Å². The Morgan fingerprint density at radius 1 is 0.353 bits per heavy atom. The fourth-order valence-electron chi connectivity index (χ4n) is 7.34. The average Bonchev–Trinajstić information content (AvgIpc) is 3.61. The first-order chi connectivity index (χ1) is 25.3. The van der Waals surface area contributed by atoms with Crippen LogP contribution in [0, 0.1) is 0 Å². The largest absolute Gasteiger partial charge is 0.292 e. The second-order valence-electron chi connectivity index (χ2n) is 12.7. The first-order valence-electron chi connectivity index (χ1n) is 17.1. The van der Waals surface area contributed by atoms with Gasteiger partial charge in [-0.2, -0.15) is 0 Å². The van der Waals surface area contributed by atoms with Gasteiger partial charge in [0.25, 0.3) is 0 Å². The standard InChI is InChI=1S/C46H29N5/c1-3-15-30(16-4-1)43-48-44(32-19-13-20-33(29-32)51-41-28-12-11-27-40(41)47-46(51)31-17-5-2-6-18-31)50-45(49-43)39-26-14-25-38-36-22-8-7-21-34(36)35-23-9-10-24-37(35)42(38)39/h1-29H. The van der Waals surface area contributed by atoms with E-state index in [4.69, 9.17) is 19.9 Å². The minimum absolute atomic E-state index is 0.605. The van der Waals surface area contributed by atoms with Crippen molar-refractivity contribution in [3.63, 3.8) is 0 Å². The fourth-order valence-corrected chi connectivity index (χ4v) is 7.34. The summed E-state index contributed by atoms with van der Waals surface area (Å²) in [5.41, 5.74) is 6.78. The number of rotatable bonds is 5. The van der Waals surface area contributed by atoms with E-state index in [1.165, 1.54) is 26.9 Å². The highest BCUT2D eigenvalue weighted by atomic mass is 15.1. The van der Waals surface area contributed by atoms with Crippen molar-refractivity contribution < 1.29 is 0 Å². The van der Waals surface area contributed by atoms with Crippen LogP contribution in [0.2, 0.25) is 0 Å². The maximum absolute atomic E-state index is 5.25. The molecule has 0 unspecified atom stereocenters. The summed E-state index contributed by atoms with van der Waals surface area (Å²) < 4.78 is 2.22. The van der Waals surface area contributed by atoms with E-state index < -0.39 is 0 Å². The van der Waals surface area contributed by atoms with Crippen molar-refractivity contribution >= 4 is 43.4 Å². The molecule has 0 bridgehead atoms. The number of nitrogens with zero attached hydrogens (tertiary/aromatic N) is 5. The second kappa shape index (κ2) is 11.9. The zero-order chi connectivity index (χ0) is 33.7. The van der Waals surface area contributed by atoms with E-state index in [0.29, 0.717) is 17.5 Å². The SMILES string of the molecule is c1ccc(-c2nc(-c3cccc(-n4c(-c5ccccc5)nc5ccccc54)c3)nc(-c3cccc4c5ccccc5c5ccccc5c34)n2)cc1. The number of hydrogen-bond donors (Lipinski definition) is 0. The quantitative estimate of drug-likeness (QED) is 0.174. The Morgan fingerprint density at radius 2 is 0.863 bits per heavy atom. The van der Waals surface area contributed by atoms with Crippen LogP contribution in [0.1, 0.15) is 0 Å². The molecule has 2 heterocycles. The molecule has 0 fully saturated rings. The Bertz CT molecular complexity index is 2870. The summed E-state index contributed by atoms with van der Waals surface area (Å²) in [7, 11) is 0. The van der Waals surface area contributed by atoms with Crippen molar-refractivity contribution in [1.29, 1.82) is 0 Å². The van der Waals surface area contributed by atoms with Crippen molar-refractivity contribution in [2.45, 2.75) is 0 Å². The van der Waals surface area contributed by atoms with Crippen LogP contribution in [0.3, 0.4) is 0 Å². The summed E-state index contributed by atoms with van der Waals surface area (Å²) in [4.78, 5) is 20.6. The summed E-state index contributed by atoms with van der Waals surface area (Å²) in [5.74, 6) is 2.74. The highest BCUT2D eigenvalue weighted by Crippen LogP contribution is 2.40. The van der Waals surface area contributed by atoms with E-state index in [-0.39, 0.29) is 0 Å². The Kier molecular flexibility index (Phi) is 6.74. The molecule has 0 atom stereocenters. The minimum Gasteiger partial charge on any atom is -0.292 e. The number of benzene rings is 8. The predicted octanol–water partition coefficient (Wildman–Crippen LogP) is 11.3. The molecule has 0 aliphatic carbocycles. The van der Waals surface area contributed by atoms with Gasteiger partial charge in [-0.05, 0) is 51.2 Å². The molecule has 8 aromatic carbocycles. The molecule has 2 aromatic heterocycles. The maximum atomic E-state index is 5.25. The second-order valence-corrected chi connectivity index (χ2v) is 12.7. The summed E-state index contributed by atoms with van der Waals surface area (Å²) in [6.07, 6.45) is 0. The Balaban J connectivity index is 1.22. The molecule has 5 nitrogen and oxygen atoms in total. The van der Waals surface area contributed by atoms with Crippen molar-refractivity contribution in [3.05, 3.63) is 176 Å². The number of aromatic nitrogens is 5. The fraction of sp³-hybridized carbons (Fsp3) is 0. The van der Waals surface area contributed by atoms with E-state index in [9.17, 15) is 0 Å². The lowest BCUT2D eigenvalue weighted by Gasteiger charge is -2.15. The van der Waals surface area contributed by atoms with Crippen LogP contribution in [-0.2, 0) is 0 Å². The molecular formula is C46H29N5. The molecule has 0 aliphatic rings. The van der Waals surface area contributed by atoms with Crippen molar-refractivity contribution in [2.75, 3.05) is 0 Å². The third-order valence-electron chi connectivity index (χ3n) is 9.63. The van der Waals surface area contributed by atoms with Gasteiger partial charge in [-0.15, -0.1) is 0 Å². The van der Waals surface area contributed by atoms with Crippen LogP contribution >= 0.6 is 0 Å². The van der Waals surface area contributed by atoms with E-state index in [1.54, 1.807) is 0 Å². The Morgan fingerprint density at radius 3 is 1.59 bits per heavy atom. The first-order valence-corrected chi connectivity index (χ1v) is 17.1. The van der Waals surface area contributed by atoms with E-state index >= 15 is 0 Å². The van der Waals surface area contributed by atoms with Gasteiger partial charge in [0, 0.05) is 33.3 Å². The molecule has 10 aromatic rings. The molecule has 0 radical (unpaired) electrons. The summed E-state index contributed by atoms with van der Waals surface area (Å²) in [5, 5.41) is 7.13. The van der Waals surface area contributed by atoms with Crippen LogP contribution in [0.25, 0.3) is 94.6 Å². The lowest BCUT2D eigenvalue weighted by Crippen LogP contribution is -2.02. The van der Waals surface area contributed by atoms with Gasteiger partial charge in [-0.3, -0.25) is 4.57 Å². The summed E-state index contributed by atoms with van der Waals surface area (Å²) in [6.45, 7) is 0. The van der Waals surface area contributed by atoms with Crippen molar-refractivity contribution in [2.24, 2.45) is 0 Å². The highest BCUT2D eigenvalue weighted by molar-refractivity contribution is 6.28. The third-order valence-corrected chi connectivity index (χ3v) is 9.63. The van der Waals surface area contributed by atoms with Gasteiger partial charge >= 0.3 is 0 Å². The Hall–Kier alpha value is -6.98. The third kappa shape index (κ3) is 4.86. The number of para-hydroxylation sites is 2. The van der Waals surface area contributed by atoms with E-state index in [0.717, 1.165) is 50.2 Å².